The summed E-state index contributed by atoms with van der Waals surface area (Å²) in [6.45, 7) is 1.47. The van der Waals surface area contributed by atoms with E-state index in [0.29, 0.717) is 10.5 Å². The lowest BCUT2D eigenvalue weighted by atomic mass is 10.0. The molecule has 0 aliphatic carbocycles. The van der Waals surface area contributed by atoms with Gasteiger partial charge >= 0.3 is 18.1 Å². The van der Waals surface area contributed by atoms with Crippen LogP contribution >= 0.6 is 0 Å². The number of benzene rings is 1. The van der Waals surface area contributed by atoms with Gasteiger partial charge in [-0.25, -0.2) is 4.79 Å². The van der Waals surface area contributed by atoms with Crippen molar-refractivity contribution in [3.05, 3.63) is 35.4 Å². The number of amides is 1. The molecule has 1 unspecified atom stereocenters. The fraction of sp³-hybridized carbons (Fsp3) is 0.385. The SMILES string of the molecule is COC(=O)c1ccc(C(C)N(C)C(=O)C(F)(F)F)cc1. The van der Waals surface area contributed by atoms with Gasteiger partial charge in [0.1, 0.15) is 0 Å². The number of carbonyl (C=O) groups excluding carboxylic acids is 2. The molecule has 1 aromatic carbocycles. The Morgan fingerprint density at radius 1 is 1.20 bits per heavy atom. The number of methoxy groups -OCH3 is 1. The second kappa shape index (κ2) is 5.94. The van der Waals surface area contributed by atoms with E-state index in [-0.39, 0.29) is 5.56 Å². The fourth-order valence-corrected chi connectivity index (χ4v) is 1.62. The summed E-state index contributed by atoms with van der Waals surface area (Å²) in [5.74, 6) is -2.45. The second-order valence-electron chi connectivity index (χ2n) is 4.20. The van der Waals surface area contributed by atoms with Crippen LogP contribution in [0, 0.1) is 0 Å². The summed E-state index contributed by atoms with van der Waals surface area (Å²) < 4.78 is 41.5. The van der Waals surface area contributed by atoms with Crippen LogP contribution in [0.3, 0.4) is 0 Å². The van der Waals surface area contributed by atoms with Crippen LogP contribution in [0.25, 0.3) is 0 Å². The molecule has 0 saturated heterocycles. The highest BCUT2D eigenvalue weighted by molar-refractivity contribution is 5.89. The smallest absolute Gasteiger partial charge is 0.465 e. The van der Waals surface area contributed by atoms with Crippen molar-refractivity contribution < 1.29 is 27.5 Å². The van der Waals surface area contributed by atoms with Crippen molar-refractivity contribution in [1.82, 2.24) is 4.90 Å². The van der Waals surface area contributed by atoms with Gasteiger partial charge in [0.15, 0.2) is 0 Å². The maximum atomic E-state index is 12.3. The molecular formula is C13H14F3NO3. The van der Waals surface area contributed by atoms with E-state index < -0.39 is 24.1 Å². The molecule has 7 heteroatoms. The highest BCUT2D eigenvalue weighted by Crippen LogP contribution is 2.25. The van der Waals surface area contributed by atoms with Gasteiger partial charge in [0.05, 0.1) is 18.7 Å². The minimum absolute atomic E-state index is 0.285. The van der Waals surface area contributed by atoms with Crippen LogP contribution < -0.4 is 0 Å². The Bertz CT molecular complexity index is 497. The first-order chi connectivity index (χ1) is 9.18. The van der Waals surface area contributed by atoms with E-state index in [1.54, 1.807) is 0 Å². The first-order valence-electron chi connectivity index (χ1n) is 5.70. The average molecular weight is 289 g/mol. The van der Waals surface area contributed by atoms with Gasteiger partial charge in [-0.2, -0.15) is 13.2 Å². The van der Waals surface area contributed by atoms with E-state index in [1.807, 2.05) is 0 Å². The second-order valence-corrected chi connectivity index (χ2v) is 4.20. The fourth-order valence-electron chi connectivity index (χ4n) is 1.62. The van der Waals surface area contributed by atoms with Gasteiger partial charge in [-0.3, -0.25) is 4.79 Å². The Morgan fingerprint density at radius 3 is 2.10 bits per heavy atom. The van der Waals surface area contributed by atoms with Crippen LogP contribution in [0.15, 0.2) is 24.3 Å². The number of carbonyl (C=O) groups is 2. The summed E-state index contributed by atoms with van der Waals surface area (Å²) in [4.78, 5) is 23.0. The molecule has 0 aliphatic heterocycles. The third kappa shape index (κ3) is 3.49. The predicted molar refractivity (Wildman–Crippen MR) is 65.0 cm³/mol. The Kier molecular flexibility index (Phi) is 4.75. The minimum atomic E-state index is -4.91. The van der Waals surface area contributed by atoms with Crippen molar-refractivity contribution in [2.45, 2.75) is 19.1 Å². The topological polar surface area (TPSA) is 46.6 Å². The standard InChI is InChI=1S/C13H14F3NO3/c1-8(17(2)12(19)13(14,15)16)9-4-6-10(7-5-9)11(18)20-3/h4-8H,1-3H3. The van der Waals surface area contributed by atoms with E-state index in [9.17, 15) is 22.8 Å². The number of hydrogen-bond donors (Lipinski definition) is 0. The summed E-state index contributed by atoms with van der Waals surface area (Å²) in [6, 6.07) is 5.07. The van der Waals surface area contributed by atoms with Crippen LogP contribution in [0.4, 0.5) is 13.2 Å². The summed E-state index contributed by atoms with van der Waals surface area (Å²) in [7, 11) is 2.31. The molecule has 4 nitrogen and oxygen atoms in total. The number of ether oxygens (including phenoxy) is 1. The highest BCUT2D eigenvalue weighted by atomic mass is 19.4. The van der Waals surface area contributed by atoms with Crippen LogP contribution in [0.2, 0.25) is 0 Å². The van der Waals surface area contributed by atoms with E-state index in [2.05, 4.69) is 4.74 Å². The van der Waals surface area contributed by atoms with Crippen LogP contribution in [-0.2, 0) is 9.53 Å². The molecule has 1 rings (SSSR count). The largest absolute Gasteiger partial charge is 0.471 e. The van der Waals surface area contributed by atoms with Crippen LogP contribution in [0.5, 0.6) is 0 Å². The molecule has 20 heavy (non-hydrogen) atoms. The van der Waals surface area contributed by atoms with Gasteiger partial charge in [-0.15, -0.1) is 0 Å². The van der Waals surface area contributed by atoms with Gasteiger partial charge < -0.3 is 9.64 Å². The van der Waals surface area contributed by atoms with Crippen LogP contribution in [0.1, 0.15) is 28.9 Å². The summed E-state index contributed by atoms with van der Waals surface area (Å²) in [6.07, 6.45) is -4.91. The molecule has 1 atom stereocenters. The zero-order valence-electron chi connectivity index (χ0n) is 11.2. The summed E-state index contributed by atoms with van der Waals surface area (Å²) in [5, 5.41) is 0. The molecule has 0 spiro atoms. The molecule has 0 fully saturated rings. The predicted octanol–water partition coefficient (Wildman–Crippen LogP) is 2.55. The molecule has 0 heterocycles. The van der Waals surface area contributed by atoms with Gasteiger partial charge in [0.25, 0.3) is 0 Å². The van der Waals surface area contributed by atoms with Crippen molar-refractivity contribution in [3.63, 3.8) is 0 Å². The molecular weight excluding hydrogens is 275 g/mol. The third-order valence-electron chi connectivity index (χ3n) is 2.96. The monoisotopic (exact) mass is 289 g/mol. The number of alkyl halides is 3. The molecule has 0 N–H and O–H groups in total. The number of halogens is 3. The summed E-state index contributed by atoms with van der Waals surface area (Å²) >= 11 is 0. The van der Waals surface area contributed by atoms with Crippen molar-refractivity contribution in [1.29, 1.82) is 0 Å². The molecule has 1 aromatic rings. The number of hydrogen-bond acceptors (Lipinski definition) is 3. The van der Waals surface area contributed by atoms with Crippen molar-refractivity contribution in [3.8, 4) is 0 Å². The Hall–Kier alpha value is -2.05. The molecule has 0 bridgehead atoms. The zero-order valence-corrected chi connectivity index (χ0v) is 11.2. The van der Waals surface area contributed by atoms with E-state index in [0.717, 1.165) is 7.05 Å². The van der Waals surface area contributed by atoms with Crippen LogP contribution in [-0.4, -0.2) is 37.1 Å². The molecule has 110 valence electrons. The van der Waals surface area contributed by atoms with Gasteiger partial charge in [0.2, 0.25) is 0 Å². The Balaban J connectivity index is 2.90. The van der Waals surface area contributed by atoms with E-state index >= 15 is 0 Å². The molecule has 0 aromatic heterocycles. The quantitative estimate of drug-likeness (QED) is 0.803. The van der Waals surface area contributed by atoms with Crippen molar-refractivity contribution in [2.75, 3.05) is 14.2 Å². The van der Waals surface area contributed by atoms with Gasteiger partial charge in [-0.05, 0) is 24.6 Å². The lowest BCUT2D eigenvalue weighted by Gasteiger charge is -2.26. The van der Waals surface area contributed by atoms with Gasteiger partial charge in [0, 0.05) is 7.05 Å². The lowest BCUT2D eigenvalue weighted by molar-refractivity contribution is -0.186. The maximum Gasteiger partial charge on any atom is 0.471 e. The minimum Gasteiger partial charge on any atom is -0.465 e. The van der Waals surface area contributed by atoms with Gasteiger partial charge in [-0.1, -0.05) is 12.1 Å². The first kappa shape index (κ1) is 16.0. The number of esters is 1. The van der Waals surface area contributed by atoms with E-state index in [1.165, 1.54) is 38.3 Å². The first-order valence-corrected chi connectivity index (χ1v) is 5.70. The lowest BCUT2D eigenvalue weighted by Crippen LogP contribution is -2.39. The Labute approximate surface area is 114 Å². The maximum absolute atomic E-state index is 12.3. The Morgan fingerprint density at radius 2 is 1.70 bits per heavy atom. The normalized spacial score (nSPS) is 12.7. The van der Waals surface area contributed by atoms with E-state index in [4.69, 9.17) is 0 Å². The third-order valence-corrected chi connectivity index (χ3v) is 2.96. The van der Waals surface area contributed by atoms with Crippen molar-refractivity contribution >= 4 is 11.9 Å². The molecule has 0 aliphatic rings. The zero-order chi connectivity index (χ0) is 15.5. The molecule has 1 amide bonds. The molecule has 0 saturated carbocycles. The molecule has 0 radical (unpaired) electrons. The van der Waals surface area contributed by atoms with Crippen molar-refractivity contribution in [2.24, 2.45) is 0 Å². The number of rotatable bonds is 3. The summed E-state index contributed by atoms with van der Waals surface area (Å²) in [5.41, 5.74) is 0.769. The highest BCUT2D eigenvalue weighted by Gasteiger charge is 2.42. The average Bonchev–Trinajstić information content (AvgIpc) is 2.43. The number of nitrogens with zero attached hydrogens (tertiary/aromatic N) is 1.